The van der Waals surface area contributed by atoms with E-state index in [1.165, 1.54) is 4.90 Å². The first kappa shape index (κ1) is 12.3. The Bertz CT molecular complexity index is 563. The zero-order chi connectivity index (χ0) is 13.1. The Hall–Kier alpha value is -2.14. The molecule has 0 saturated carbocycles. The lowest BCUT2D eigenvalue weighted by Crippen LogP contribution is -2.26. The molecule has 0 fully saturated rings. The van der Waals surface area contributed by atoms with Gasteiger partial charge in [0.25, 0.3) is 5.91 Å². The molecule has 18 heavy (non-hydrogen) atoms. The van der Waals surface area contributed by atoms with Gasteiger partial charge in [-0.05, 0) is 25.1 Å². The van der Waals surface area contributed by atoms with Crippen molar-refractivity contribution >= 4 is 11.8 Å². The van der Waals surface area contributed by atoms with E-state index in [9.17, 15) is 4.79 Å². The summed E-state index contributed by atoms with van der Waals surface area (Å²) < 4.78 is 5.41. The Morgan fingerprint density at radius 1 is 1.44 bits per heavy atom. The monoisotopic (exact) mass is 245 g/mol. The van der Waals surface area contributed by atoms with Gasteiger partial charge in [0.05, 0.1) is 5.69 Å². The van der Waals surface area contributed by atoms with Crippen LogP contribution in [0.5, 0.6) is 0 Å². The maximum Gasteiger partial charge on any atom is 0.260 e. The zero-order valence-corrected chi connectivity index (χ0v) is 10.4. The molecule has 5 nitrogen and oxygen atoms in total. The van der Waals surface area contributed by atoms with Crippen molar-refractivity contribution in [1.82, 2.24) is 4.98 Å². The van der Waals surface area contributed by atoms with Crippen LogP contribution < -0.4 is 10.6 Å². The molecule has 2 heterocycles. The maximum atomic E-state index is 12.2. The van der Waals surface area contributed by atoms with E-state index < -0.39 is 0 Å². The van der Waals surface area contributed by atoms with Gasteiger partial charge < -0.3 is 10.2 Å². The van der Waals surface area contributed by atoms with Crippen LogP contribution in [0.2, 0.25) is 0 Å². The maximum absolute atomic E-state index is 12.2. The van der Waals surface area contributed by atoms with Crippen molar-refractivity contribution < 1.29 is 9.21 Å². The van der Waals surface area contributed by atoms with E-state index in [-0.39, 0.29) is 5.91 Å². The normalized spacial score (nSPS) is 10.4. The number of aryl methyl sites for hydroxylation is 1. The van der Waals surface area contributed by atoms with Crippen molar-refractivity contribution in [3.8, 4) is 0 Å². The number of furan rings is 1. The summed E-state index contributed by atoms with van der Waals surface area (Å²) >= 11 is 0. The number of carbonyl (C=O) groups is 1. The molecule has 2 aromatic rings. The molecule has 0 atom stereocenters. The van der Waals surface area contributed by atoms with Crippen molar-refractivity contribution in [2.75, 3.05) is 11.9 Å². The highest BCUT2D eigenvalue weighted by molar-refractivity contribution is 6.04. The molecule has 0 aliphatic heterocycles. The van der Waals surface area contributed by atoms with Gasteiger partial charge in [0.15, 0.2) is 0 Å². The average Bonchev–Trinajstić information content (AvgIpc) is 2.83. The molecular weight excluding hydrogens is 230 g/mol. The highest BCUT2D eigenvalue weighted by atomic mass is 16.4. The van der Waals surface area contributed by atoms with Gasteiger partial charge in [-0.15, -0.1) is 0 Å². The van der Waals surface area contributed by atoms with Crippen molar-refractivity contribution in [2.24, 2.45) is 5.73 Å². The third-order valence-corrected chi connectivity index (χ3v) is 2.63. The minimum Gasteiger partial charge on any atom is -0.445 e. The van der Waals surface area contributed by atoms with Crippen molar-refractivity contribution in [1.29, 1.82) is 0 Å². The number of carbonyl (C=O) groups excluding carboxylic acids is 1. The molecular formula is C13H15N3O2. The minimum absolute atomic E-state index is 0.151. The third kappa shape index (κ3) is 2.41. The third-order valence-electron chi connectivity index (χ3n) is 2.63. The lowest BCUT2D eigenvalue weighted by molar-refractivity contribution is 0.0988. The van der Waals surface area contributed by atoms with Crippen LogP contribution in [0.3, 0.4) is 0 Å². The molecule has 2 aromatic heterocycles. The number of anilines is 1. The number of rotatable bonds is 3. The molecule has 5 heteroatoms. The molecule has 0 spiro atoms. The molecule has 0 unspecified atom stereocenters. The van der Waals surface area contributed by atoms with Gasteiger partial charge in [-0.3, -0.25) is 14.7 Å². The van der Waals surface area contributed by atoms with E-state index in [0.717, 1.165) is 5.76 Å². The van der Waals surface area contributed by atoms with E-state index >= 15 is 0 Å². The molecule has 94 valence electrons. The fourth-order valence-electron chi connectivity index (χ4n) is 1.62. The zero-order valence-electron chi connectivity index (χ0n) is 10.4. The summed E-state index contributed by atoms with van der Waals surface area (Å²) in [6.07, 6.45) is 1.58. The van der Waals surface area contributed by atoms with Crippen LogP contribution in [0.4, 0.5) is 5.88 Å². The first-order chi connectivity index (χ1) is 8.61. The Balaban J connectivity index is 2.25. The van der Waals surface area contributed by atoms with Gasteiger partial charge in [0, 0.05) is 31.4 Å². The van der Waals surface area contributed by atoms with Crippen LogP contribution in [0.1, 0.15) is 21.8 Å². The lowest BCUT2D eigenvalue weighted by Gasteiger charge is -2.14. The van der Waals surface area contributed by atoms with Gasteiger partial charge >= 0.3 is 0 Å². The quantitative estimate of drug-likeness (QED) is 0.893. The van der Waals surface area contributed by atoms with Gasteiger partial charge in [-0.25, -0.2) is 0 Å². The van der Waals surface area contributed by atoms with Crippen molar-refractivity contribution in [3.05, 3.63) is 47.5 Å². The minimum atomic E-state index is -0.151. The van der Waals surface area contributed by atoms with Gasteiger partial charge in [0.2, 0.25) is 5.88 Å². The fourth-order valence-corrected chi connectivity index (χ4v) is 1.62. The van der Waals surface area contributed by atoms with Gasteiger partial charge in [0.1, 0.15) is 5.76 Å². The summed E-state index contributed by atoms with van der Waals surface area (Å²) in [6.45, 7) is 2.14. The summed E-state index contributed by atoms with van der Waals surface area (Å²) in [4.78, 5) is 17.7. The molecule has 0 radical (unpaired) electrons. The molecule has 0 aliphatic rings. The first-order valence-corrected chi connectivity index (χ1v) is 5.61. The van der Waals surface area contributed by atoms with Crippen LogP contribution in [-0.2, 0) is 6.54 Å². The van der Waals surface area contributed by atoms with Crippen LogP contribution in [0.15, 0.2) is 34.9 Å². The Labute approximate surface area is 105 Å². The van der Waals surface area contributed by atoms with Crippen LogP contribution in [0.25, 0.3) is 0 Å². The van der Waals surface area contributed by atoms with E-state index in [4.69, 9.17) is 10.2 Å². The molecule has 1 amide bonds. The van der Waals surface area contributed by atoms with E-state index in [0.29, 0.717) is 23.7 Å². The van der Waals surface area contributed by atoms with Crippen molar-refractivity contribution in [3.63, 3.8) is 0 Å². The second-order valence-electron chi connectivity index (χ2n) is 3.99. The largest absolute Gasteiger partial charge is 0.445 e. The topological polar surface area (TPSA) is 72.4 Å². The molecule has 2 N–H and O–H groups in total. The summed E-state index contributed by atoms with van der Waals surface area (Å²) in [6, 6.07) is 6.93. The van der Waals surface area contributed by atoms with Crippen LogP contribution in [0, 0.1) is 6.92 Å². The molecule has 0 aliphatic carbocycles. The molecule has 0 saturated heterocycles. The number of hydrogen-bond acceptors (Lipinski definition) is 4. The number of hydrogen-bond donors (Lipinski definition) is 1. The van der Waals surface area contributed by atoms with Gasteiger partial charge in [-0.2, -0.15) is 0 Å². The number of nitrogens with two attached hydrogens (primary N) is 1. The second-order valence-corrected chi connectivity index (χ2v) is 3.99. The first-order valence-electron chi connectivity index (χ1n) is 5.61. The van der Waals surface area contributed by atoms with Crippen molar-refractivity contribution in [2.45, 2.75) is 13.5 Å². The summed E-state index contributed by atoms with van der Waals surface area (Å²) in [7, 11) is 1.67. The predicted octanol–water partition coefficient (Wildman–Crippen LogP) is 1.72. The number of amides is 1. The average molecular weight is 245 g/mol. The Kier molecular flexibility index (Phi) is 3.43. The number of nitrogens with zero attached hydrogens (tertiary/aromatic N) is 2. The van der Waals surface area contributed by atoms with E-state index in [2.05, 4.69) is 4.98 Å². The summed E-state index contributed by atoms with van der Waals surface area (Å²) in [5.74, 6) is 1.13. The smallest absolute Gasteiger partial charge is 0.260 e. The molecule has 2 rings (SSSR count). The summed E-state index contributed by atoms with van der Waals surface area (Å²) in [5, 5.41) is 0. The Morgan fingerprint density at radius 3 is 2.83 bits per heavy atom. The molecule has 0 bridgehead atoms. The lowest BCUT2D eigenvalue weighted by atomic mass is 10.2. The molecule has 0 aromatic carbocycles. The Morgan fingerprint density at radius 2 is 2.22 bits per heavy atom. The predicted molar refractivity (Wildman–Crippen MR) is 68.3 cm³/mol. The highest BCUT2D eigenvalue weighted by Gasteiger charge is 2.16. The SMILES string of the molecule is Cc1ccc(N(C)C(=O)c2ccnc(CN)c2)o1. The van der Waals surface area contributed by atoms with Crippen LogP contribution >= 0.6 is 0 Å². The summed E-state index contributed by atoms with van der Waals surface area (Å²) in [5.41, 5.74) is 6.73. The van der Waals surface area contributed by atoms with Crippen LogP contribution in [-0.4, -0.2) is 17.9 Å². The highest BCUT2D eigenvalue weighted by Crippen LogP contribution is 2.18. The fraction of sp³-hybridized carbons (Fsp3) is 0.231. The number of pyridine rings is 1. The van der Waals surface area contributed by atoms with E-state index in [1.54, 1.807) is 31.4 Å². The second kappa shape index (κ2) is 5.01. The van der Waals surface area contributed by atoms with Gasteiger partial charge in [-0.1, -0.05) is 0 Å². The standard InChI is InChI=1S/C13H15N3O2/c1-9-3-4-12(18-9)16(2)13(17)10-5-6-15-11(7-10)8-14/h3-7H,8,14H2,1-2H3. The number of aromatic nitrogens is 1. The van der Waals surface area contributed by atoms with E-state index in [1.807, 2.05) is 13.0 Å².